The number of nitrogens with one attached hydrogen (secondary N) is 2. The van der Waals surface area contributed by atoms with Crippen molar-refractivity contribution < 1.29 is 4.74 Å². The Labute approximate surface area is 156 Å². The van der Waals surface area contributed by atoms with Gasteiger partial charge in [-0.05, 0) is 43.6 Å². The molecule has 0 aliphatic carbocycles. The van der Waals surface area contributed by atoms with Gasteiger partial charge in [0.1, 0.15) is 0 Å². The lowest BCUT2D eigenvalue weighted by atomic mass is 9.74. The van der Waals surface area contributed by atoms with E-state index in [-0.39, 0.29) is 5.41 Å². The first-order valence-electron chi connectivity index (χ1n) is 8.72. The normalized spacial score (nSPS) is 17.0. The summed E-state index contributed by atoms with van der Waals surface area (Å²) in [4.78, 5) is 0. The van der Waals surface area contributed by atoms with Crippen molar-refractivity contribution >= 4 is 26.8 Å². The molecule has 0 radical (unpaired) electrons. The summed E-state index contributed by atoms with van der Waals surface area (Å²) in [5.74, 6) is 0. The molecule has 1 aliphatic heterocycles. The number of piperidine rings is 1. The predicted molar refractivity (Wildman–Crippen MR) is 104 cm³/mol. The summed E-state index contributed by atoms with van der Waals surface area (Å²) in [6, 6.07) is 15.0. The Hall–Kier alpha value is -1.69. The van der Waals surface area contributed by atoms with Gasteiger partial charge in [0.15, 0.2) is 0 Å². The van der Waals surface area contributed by atoms with Gasteiger partial charge in [0.05, 0.1) is 24.9 Å². The molecule has 3 aromatic rings. The van der Waals surface area contributed by atoms with Crippen molar-refractivity contribution in [2.24, 2.45) is 0 Å². The van der Waals surface area contributed by atoms with Gasteiger partial charge >= 0.3 is 0 Å². The molecule has 0 atom stereocenters. The van der Waals surface area contributed by atoms with Crippen LogP contribution in [0.25, 0.3) is 10.9 Å². The van der Waals surface area contributed by atoms with Crippen LogP contribution in [0.4, 0.5) is 0 Å². The lowest BCUT2D eigenvalue weighted by Gasteiger charge is -2.38. The van der Waals surface area contributed by atoms with Gasteiger partial charge in [-0.1, -0.05) is 46.3 Å². The minimum atomic E-state index is 0.103. The van der Waals surface area contributed by atoms with Crippen LogP contribution in [0.1, 0.15) is 24.0 Å². The van der Waals surface area contributed by atoms with Crippen molar-refractivity contribution in [2.45, 2.75) is 24.9 Å². The highest BCUT2D eigenvalue weighted by atomic mass is 79.9. The number of aromatic nitrogens is 2. The number of benzene rings is 2. The third-order valence-electron chi connectivity index (χ3n) is 5.18. The molecule has 0 unspecified atom stereocenters. The zero-order chi connectivity index (χ0) is 17.1. The summed E-state index contributed by atoms with van der Waals surface area (Å²) in [6.45, 7) is 3.40. The molecule has 4 nitrogen and oxygen atoms in total. The molecule has 1 aromatic heterocycles. The number of ether oxygens (including phenoxy) is 1. The van der Waals surface area contributed by atoms with E-state index in [9.17, 15) is 0 Å². The van der Waals surface area contributed by atoms with Crippen molar-refractivity contribution in [1.82, 2.24) is 15.5 Å². The Balaban J connectivity index is 1.53. The molecule has 0 spiro atoms. The number of rotatable bonds is 5. The molecule has 1 fully saturated rings. The van der Waals surface area contributed by atoms with Crippen LogP contribution in [0.15, 0.2) is 53.1 Å². The monoisotopic (exact) mass is 399 g/mol. The average Bonchev–Trinajstić information content (AvgIpc) is 3.12. The molecular formula is C20H22BrN3O. The van der Waals surface area contributed by atoms with E-state index in [1.807, 2.05) is 6.20 Å². The van der Waals surface area contributed by atoms with E-state index in [1.54, 1.807) is 0 Å². The van der Waals surface area contributed by atoms with Crippen LogP contribution in [0.3, 0.4) is 0 Å². The standard InChI is InChI=1S/C20H22BrN3O/c21-18-10-15-12-23-24-19(15)16(11-18)13-25-14-20(6-8-22-9-7-20)17-4-2-1-3-5-17/h1-5,10-12,22H,6-9,13-14H2,(H,23,24). The highest BCUT2D eigenvalue weighted by Crippen LogP contribution is 2.34. The number of fused-ring (bicyclic) bond motifs is 1. The molecule has 0 saturated carbocycles. The molecule has 4 rings (SSSR count). The Morgan fingerprint density at radius 1 is 1.12 bits per heavy atom. The van der Waals surface area contributed by atoms with Gasteiger partial charge in [-0.3, -0.25) is 5.10 Å². The maximum Gasteiger partial charge on any atom is 0.0738 e. The van der Waals surface area contributed by atoms with Gasteiger partial charge in [0.2, 0.25) is 0 Å². The van der Waals surface area contributed by atoms with Crippen molar-refractivity contribution in [3.63, 3.8) is 0 Å². The molecule has 25 heavy (non-hydrogen) atoms. The minimum absolute atomic E-state index is 0.103. The van der Waals surface area contributed by atoms with Crippen LogP contribution in [-0.4, -0.2) is 29.9 Å². The van der Waals surface area contributed by atoms with Crippen molar-refractivity contribution in [3.8, 4) is 0 Å². The topological polar surface area (TPSA) is 49.9 Å². The molecule has 2 aromatic carbocycles. The zero-order valence-corrected chi connectivity index (χ0v) is 15.7. The summed E-state index contributed by atoms with van der Waals surface area (Å²) < 4.78 is 7.31. The van der Waals surface area contributed by atoms with E-state index in [2.05, 4.69) is 73.9 Å². The van der Waals surface area contributed by atoms with Crippen LogP contribution in [0, 0.1) is 0 Å². The quantitative estimate of drug-likeness (QED) is 0.676. The van der Waals surface area contributed by atoms with Gasteiger partial charge in [0.25, 0.3) is 0 Å². The predicted octanol–water partition coefficient (Wildman–Crippen LogP) is 4.16. The first kappa shape index (κ1) is 16.8. The second-order valence-electron chi connectivity index (χ2n) is 6.79. The Bertz CT molecular complexity index is 841. The number of halogens is 1. The lowest BCUT2D eigenvalue weighted by molar-refractivity contribution is 0.0570. The van der Waals surface area contributed by atoms with Crippen LogP contribution in [0.2, 0.25) is 0 Å². The number of nitrogens with zero attached hydrogens (tertiary/aromatic N) is 1. The fourth-order valence-corrected chi connectivity index (χ4v) is 4.30. The van der Waals surface area contributed by atoms with E-state index in [1.165, 1.54) is 5.56 Å². The lowest BCUT2D eigenvalue weighted by Crippen LogP contribution is -2.43. The summed E-state index contributed by atoms with van der Waals surface area (Å²) in [6.07, 6.45) is 4.06. The molecule has 5 heteroatoms. The van der Waals surface area contributed by atoms with Gasteiger partial charge in [-0.2, -0.15) is 5.10 Å². The van der Waals surface area contributed by atoms with E-state index >= 15 is 0 Å². The number of hydrogen-bond donors (Lipinski definition) is 2. The third kappa shape index (κ3) is 3.50. The molecular weight excluding hydrogens is 378 g/mol. The van der Waals surface area contributed by atoms with Crippen molar-refractivity contribution in [3.05, 3.63) is 64.3 Å². The molecule has 2 N–H and O–H groups in total. The number of H-pyrrole nitrogens is 1. The summed E-state index contributed by atoms with van der Waals surface area (Å²) >= 11 is 3.58. The molecule has 1 aliphatic rings. The fourth-order valence-electron chi connectivity index (χ4n) is 3.77. The number of hydrogen-bond acceptors (Lipinski definition) is 3. The summed E-state index contributed by atoms with van der Waals surface area (Å²) in [5, 5.41) is 11.8. The second-order valence-corrected chi connectivity index (χ2v) is 7.70. The summed E-state index contributed by atoms with van der Waals surface area (Å²) in [5.41, 5.74) is 3.68. The van der Waals surface area contributed by atoms with E-state index in [4.69, 9.17) is 4.74 Å². The second kappa shape index (κ2) is 7.28. The van der Waals surface area contributed by atoms with Crippen LogP contribution < -0.4 is 5.32 Å². The molecule has 2 heterocycles. The van der Waals surface area contributed by atoms with Crippen LogP contribution in [0.5, 0.6) is 0 Å². The van der Waals surface area contributed by atoms with Gasteiger partial charge in [-0.15, -0.1) is 0 Å². The summed E-state index contributed by atoms with van der Waals surface area (Å²) in [7, 11) is 0. The molecule has 0 bridgehead atoms. The Morgan fingerprint density at radius 3 is 2.72 bits per heavy atom. The third-order valence-corrected chi connectivity index (χ3v) is 5.64. The SMILES string of the molecule is Brc1cc(COCC2(c3ccccc3)CCNCC2)c2[nH]ncc2c1. The van der Waals surface area contributed by atoms with E-state index < -0.39 is 0 Å². The van der Waals surface area contributed by atoms with Gasteiger partial charge in [0, 0.05) is 20.8 Å². The van der Waals surface area contributed by atoms with Crippen LogP contribution >= 0.6 is 15.9 Å². The molecule has 0 amide bonds. The maximum atomic E-state index is 6.25. The minimum Gasteiger partial charge on any atom is -0.376 e. The smallest absolute Gasteiger partial charge is 0.0738 e. The Kier molecular flexibility index (Phi) is 4.88. The fraction of sp³-hybridized carbons (Fsp3) is 0.350. The maximum absolute atomic E-state index is 6.25. The first-order valence-corrected chi connectivity index (χ1v) is 9.52. The van der Waals surface area contributed by atoms with Gasteiger partial charge in [-0.25, -0.2) is 0 Å². The van der Waals surface area contributed by atoms with Crippen LogP contribution in [-0.2, 0) is 16.8 Å². The van der Waals surface area contributed by atoms with E-state index in [0.29, 0.717) is 6.61 Å². The molecule has 1 saturated heterocycles. The number of aromatic amines is 1. The van der Waals surface area contributed by atoms with Crippen molar-refractivity contribution in [2.75, 3.05) is 19.7 Å². The zero-order valence-electron chi connectivity index (χ0n) is 14.1. The Morgan fingerprint density at radius 2 is 1.92 bits per heavy atom. The average molecular weight is 400 g/mol. The largest absolute Gasteiger partial charge is 0.376 e. The highest BCUT2D eigenvalue weighted by molar-refractivity contribution is 9.10. The van der Waals surface area contributed by atoms with Crippen molar-refractivity contribution in [1.29, 1.82) is 0 Å². The van der Waals surface area contributed by atoms with Gasteiger partial charge < -0.3 is 10.1 Å². The van der Waals surface area contributed by atoms with E-state index in [0.717, 1.165) is 53.5 Å². The molecule has 130 valence electrons. The highest BCUT2D eigenvalue weighted by Gasteiger charge is 2.34. The first-order chi connectivity index (χ1) is 12.3.